The van der Waals surface area contributed by atoms with Crippen molar-refractivity contribution in [1.82, 2.24) is 4.90 Å². The maximum atomic E-state index is 13.5. The molecule has 2 aromatic carbocycles. The smallest absolute Gasteiger partial charge is 0.253 e. The number of hydroxylamine groups is 3. The van der Waals surface area contributed by atoms with Crippen LogP contribution in [-0.2, 0) is 6.54 Å². The molecule has 2 saturated heterocycles. The Morgan fingerprint density at radius 2 is 1.78 bits per heavy atom. The van der Waals surface area contributed by atoms with Gasteiger partial charge in [0.2, 0.25) is 0 Å². The van der Waals surface area contributed by atoms with Gasteiger partial charge in [0.25, 0.3) is 5.91 Å². The van der Waals surface area contributed by atoms with Gasteiger partial charge in [-0.3, -0.25) is 4.79 Å². The van der Waals surface area contributed by atoms with Crippen LogP contribution >= 0.6 is 0 Å². The van der Waals surface area contributed by atoms with Crippen LogP contribution in [0.15, 0.2) is 48.5 Å². The third kappa shape index (κ3) is 5.51. The predicted molar refractivity (Wildman–Crippen MR) is 127 cm³/mol. The number of carbonyl (C=O) groups excluding carboxylic acids is 1. The van der Waals surface area contributed by atoms with Crippen molar-refractivity contribution in [2.24, 2.45) is 0 Å². The summed E-state index contributed by atoms with van der Waals surface area (Å²) in [4.78, 5) is 14.8. The van der Waals surface area contributed by atoms with Crippen LogP contribution < -0.4 is 4.74 Å². The molecule has 172 valence electrons. The highest BCUT2D eigenvalue weighted by molar-refractivity contribution is 5.94. The summed E-state index contributed by atoms with van der Waals surface area (Å²) in [5, 5.41) is 13.5. The van der Waals surface area contributed by atoms with Gasteiger partial charge >= 0.3 is 0 Å². The fraction of sp³-hybridized carbons (Fsp3) is 0.519. The molecule has 0 spiro atoms. The van der Waals surface area contributed by atoms with Crippen molar-refractivity contribution >= 4 is 5.91 Å². The van der Waals surface area contributed by atoms with Gasteiger partial charge in [-0.25, -0.2) is 0 Å². The van der Waals surface area contributed by atoms with Crippen molar-refractivity contribution in [3.8, 4) is 5.75 Å². The normalized spacial score (nSPS) is 23.9. The zero-order valence-electron chi connectivity index (χ0n) is 19.5. The van der Waals surface area contributed by atoms with E-state index in [1.807, 2.05) is 55.1 Å². The third-order valence-corrected chi connectivity index (χ3v) is 6.78. The molecule has 0 radical (unpaired) electrons. The molecular weight excluding hydrogens is 400 g/mol. The fourth-order valence-electron chi connectivity index (χ4n) is 5.10. The number of piperidine rings is 2. The minimum absolute atomic E-state index is 0.101. The van der Waals surface area contributed by atoms with Crippen LogP contribution in [0, 0.1) is 5.21 Å². The van der Waals surface area contributed by atoms with Gasteiger partial charge in [0.05, 0.1) is 19.2 Å². The molecule has 2 aliphatic heterocycles. The molecular formula is C27H36N2O3. The van der Waals surface area contributed by atoms with E-state index in [-0.39, 0.29) is 16.7 Å². The Balaban J connectivity index is 1.40. The monoisotopic (exact) mass is 436 g/mol. The lowest BCUT2D eigenvalue weighted by atomic mass is 9.88. The maximum Gasteiger partial charge on any atom is 0.253 e. The minimum Gasteiger partial charge on any atom is -0.633 e. The molecule has 0 unspecified atom stereocenters. The lowest BCUT2D eigenvalue weighted by Gasteiger charge is -2.47. The number of carbonyl (C=O) groups is 1. The summed E-state index contributed by atoms with van der Waals surface area (Å²) in [5.74, 6) is 1.41. The lowest BCUT2D eigenvalue weighted by molar-refractivity contribution is -0.899. The highest BCUT2D eigenvalue weighted by Gasteiger charge is 2.30. The van der Waals surface area contributed by atoms with Crippen molar-refractivity contribution < 1.29 is 14.2 Å². The number of nitrogens with zero attached hydrogens (tertiary/aromatic N) is 2. The summed E-state index contributed by atoms with van der Waals surface area (Å²) in [6.07, 6.45) is 5.21. The van der Waals surface area contributed by atoms with Crippen LogP contribution in [0.5, 0.6) is 5.75 Å². The number of amides is 1. The van der Waals surface area contributed by atoms with E-state index in [0.717, 1.165) is 50.1 Å². The second-order valence-corrected chi connectivity index (χ2v) is 9.70. The summed E-state index contributed by atoms with van der Waals surface area (Å²) < 4.78 is 5.80. The van der Waals surface area contributed by atoms with Gasteiger partial charge in [-0.2, -0.15) is 0 Å². The zero-order chi connectivity index (χ0) is 22.6. The van der Waals surface area contributed by atoms with Gasteiger partial charge in [-0.15, -0.1) is 0 Å². The summed E-state index contributed by atoms with van der Waals surface area (Å²) >= 11 is 0. The molecule has 0 N–H and O–H groups in total. The summed E-state index contributed by atoms with van der Waals surface area (Å²) in [6.45, 7) is 7.37. The number of hydrogen-bond donors (Lipinski definition) is 0. The molecule has 5 nitrogen and oxygen atoms in total. The molecule has 0 bridgehead atoms. The quantitative estimate of drug-likeness (QED) is 0.444. The Morgan fingerprint density at radius 3 is 2.50 bits per heavy atom. The van der Waals surface area contributed by atoms with Gasteiger partial charge in [-0.1, -0.05) is 30.3 Å². The van der Waals surface area contributed by atoms with Crippen LogP contribution in [0.2, 0.25) is 0 Å². The largest absolute Gasteiger partial charge is 0.633 e. The first-order chi connectivity index (χ1) is 15.4. The number of ether oxygens (including phenoxy) is 1. The molecule has 0 atom stereocenters. The van der Waals surface area contributed by atoms with Gasteiger partial charge < -0.3 is 19.5 Å². The molecule has 1 amide bonds. The number of quaternary nitrogens is 1. The Morgan fingerprint density at radius 1 is 1.06 bits per heavy atom. The first-order valence-corrected chi connectivity index (χ1v) is 12.1. The van der Waals surface area contributed by atoms with Crippen molar-refractivity contribution in [2.75, 3.05) is 26.2 Å². The van der Waals surface area contributed by atoms with Crippen LogP contribution in [0.4, 0.5) is 0 Å². The Bertz CT molecular complexity index is 913. The standard InChI is InChI=1S/C27H36N2O3/c1-21(2)32-26-12-5-4-11-25(26)23-13-17-29(31,18-14-23)20-22-9-8-10-24(19-22)27(30)28-15-6-3-7-16-28/h4-5,8-12,19,21,23H,3,6-7,13-18,20H2,1-2H3. The summed E-state index contributed by atoms with van der Waals surface area (Å²) in [6, 6.07) is 16.0. The van der Waals surface area contributed by atoms with E-state index in [1.54, 1.807) is 0 Å². The second-order valence-electron chi connectivity index (χ2n) is 9.70. The first-order valence-electron chi connectivity index (χ1n) is 12.1. The zero-order valence-corrected chi connectivity index (χ0v) is 19.5. The lowest BCUT2D eigenvalue weighted by Crippen LogP contribution is -2.47. The van der Waals surface area contributed by atoms with Crippen LogP contribution in [0.1, 0.15) is 73.4 Å². The minimum atomic E-state index is -0.217. The van der Waals surface area contributed by atoms with Crippen LogP contribution in [0.25, 0.3) is 0 Å². The third-order valence-electron chi connectivity index (χ3n) is 6.78. The van der Waals surface area contributed by atoms with E-state index >= 15 is 0 Å². The highest BCUT2D eigenvalue weighted by Crippen LogP contribution is 2.37. The van der Waals surface area contributed by atoms with Crippen molar-refractivity contribution in [2.45, 2.75) is 64.5 Å². The van der Waals surface area contributed by atoms with Gasteiger partial charge in [0.1, 0.15) is 12.3 Å². The number of para-hydroxylation sites is 1. The second kappa shape index (κ2) is 10.1. The molecule has 32 heavy (non-hydrogen) atoms. The number of hydrogen-bond acceptors (Lipinski definition) is 3. The molecule has 0 saturated carbocycles. The molecule has 0 aromatic heterocycles. The van der Waals surface area contributed by atoms with E-state index in [4.69, 9.17) is 4.74 Å². The van der Waals surface area contributed by atoms with E-state index < -0.39 is 0 Å². The fourth-order valence-corrected chi connectivity index (χ4v) is 5.10. The van der Waals surface area contributed by atoms with Crippen molar-refractivity contribution in [3.05, 3.63) is 70.4 Å². The average Bonchev–Trinajstić information content (AvgIpc) is 2.80. The van der Waals surface area contributed by atoms with Gasteiger partial charge in [-0.05, 0) is 62.8 Å². The SMILES string of the molecule is CC(C)Oc1ccccc1C1CC[N+]([O-])(Cc2cccc(C(=O)N3CCCCC3)c2)CC1. The molecule has 2 heterocycles. The van der Waals surface area contributed by atoms with E-state index in [1.165, 1.54) is 12.0 Å². The molecule has 2 aromatic rings. The van der Waals surface area contributed by atoms with Gasteiger partial charge in [0.15, 0.2) is 0 Å². The first kappa shape index (κ1) is 22.8. The van der Waals surface area contributed by atoms with E-state index in [0.29, 0.717) is 31.1 Å². The molecule has 5 heteroatoms. The van der Waals surface area contributed by atoms with E-state index in [9.17, 15) is 10.0 Å². The Hall–Kier alpha value is -2.37. The maximum absolute atomic E-state index is 13.5. The number of likely N-dealkylation sites (tertiary alicyclic amines) is 2. The van der Waals surface area contributed by atoms with Crippen LogP contribution in [0.3, 0.4) is 0 Å². The van der Waals surface area contributed by atoms with E-state index in [2.05, 4.69) is 12.1 Å². The molecule has 4 rings (SSSR count). The Kier molecular flexibility index (Phi) is 7.17. The van der Waals surface area contributed by atoms with Crippen LogP contribution in [-0.4, -0.2) is 47.7 Å². The van der Waals surface area contributed by atoms with Crippen molar-refractivity contribution in [1.29, 1.82) is 0 Å². The topological polar surface area (TPSA) is 52.6 Å². The molecule has 2 aliphatic rings. The summed E-state index contributed by atoms with van der Waals surface area (Å²) in [7, 11) is 0. The highest BCUT2D eigenvalue weighted by atomic mass is 16.5. The average molecular weight is 437 g/mol. The summed E-state index contributed by atoms with van der Waals surface area (Å²) in [5.41, 5.74) is 2.90. The van der Waals surface area contributed by atoms with Gasteiger partial charge in [0, 0.05) is 37.1 Å². The molecule has 2 fully saturated rings. The molecule has 0 aliphatic carbocycles. The van der Waals surface area contributed by atoms with Crippen molar-refractivity contribution in [3.63, 3.8) is 0 Å². The number of rotatable bonds is 6. The Labute approximate surface area is 192 Å². The number of benzene rings is 2. The predicted octanol–water partition coefficient (Wildman–Crippen LogP) is 5.49.